The Morgan fingerprint density at radius 2 is 1.76 bits per heavy atom. The molecule has 0 atom stereocenters. The topological polar surface area (TPSA) is 37.4 Å². The number of allylic oxidation sites excluding steroid dienone is 5. The van der Waals surface area contributed by atoms with E-state index in [0.717, 1.165) is 18.4 Å². The second kappa shape index (κ2) is 6.17. The van der Waals surface area contributed by atoms with Gasteiger partial charge in [-0.15, -0.1) is 0 Å². The molecule has 1 aliphatic heterocycles. The minimum Gasteiger partial charge on any atom is -0.207 e. The first-order chi connectivity index (χ1) is 8.04. The van der Waals surface area contributed by atoms with Crippen LogP contribution in [0.25, 0.3) is 0 Å². The lowest BCUT2D eigenvalue weighted by atomic mass is 10.2. The van der Waals surface area contributed by atoms with Crippen LogP contribution < -0.4 is 0 Å². The fourth-order valence-electron chi connectivity index (χ4n) is 1.97. The molecule has 1 aliphatic rings. The van der Waals surface area contributed by atoms with E-state index in [9.17, 15) is 8.42 Å². The number of hydrogen-bond donors (Lipinski definition) is 0. The molecule has 0 bridgehead atoms. The first-order valence-corrected chi connectivity index (χ1v) is 7.44. The van der Waals surface area contributed by atoms with E-state index in [1.54, 1.807) is 17.3 Å². The Hall–Kier alpha value is -0.870. The predicted molar refractivity (Wildman–Crippen MR) is 72.1 cm³/mol. The predicted octanol–water partition coefficient (Wildman–Crippen LogP) is 2.84. The third-order valence-electron chi connectivity index (χ3n) is 2.87. The summed E-state index contributed by atoms with van der Waals surface area (Å²) in [4.78, 5) is 0.428. The van der Waals surface area contributed by atoms with E-state index in [4.69, 9.17) is 0 Å². The summed E-state index contributed by atoms with van der Waals surface area (Å²) in [5.74, 6) is 0. The Morgan fingerprint density at radius 1 is 1.18 bits per heavy atom. The number of sulfonamides is 1. The summed E-state index contributed by atoms with van der Waals surface area (Å²) in [5.41, 5.74) is 0.789. The molecule has 3 nitrogen and oxygen atoms in total. The zero-order chi connectivity index (χ0) is 12.9. The lowest BCUT2D eigenvalue weighted by Crippen LogP contribution is -2.29. The van der Waals surface area contributed by atoms with Crippen LogP contribution in [-0.4, -0.2) is 25.8 Å². The average Bonchev–Trinajstić information content (AvgIpc) is 2.80. The largest absolute Gasteiger partial charge is 0.242 e. The van der Waals surface area contributed by atoms with Crippen molar-refractivity contribution in [3.05, 3.63) is 34.8 Å². The molecule has 0 saturated carbocycles. The van der Waals surface area contributed by atoms with Crippen molar-refractivity contribution in [2.45, 2.75) is 33.6 Å². The van der Waals surface area contributed by atoms with Crippen LogP contribution >= 0.6 is 0 Å². The molecule has 1 heterocycles. The summed E-state index contributed by atoms with van der Waals surface area (Å²) in [6.45, 7) is 6.82. The van der Waals surface area contributed by atoms with Gasteiger partial charge in [-0.05, 0) is 39.2 Å². The number of hydrogen-bond acceptors (Lipinski definition) is 2. The first kappa shape index (κ1) is 14.2. The summed E-state index contributed by atoms with van der Waals surface area (Å²) in [5, 5.41) is 0. The molecule has 17 heavy (non-hydrogen) atoms. The van der Waals surface area contributed by atoms with Crippen LogP contribution in [0.4, 0.5) is 0 Å². The van der Waals surface area contributed by atoms with E-state index in [-0.39, 0.29) is 0 Å². The Labute approximate surface area is 105 Å². The fraction of sp³-hybridized carbons (Fsp3) is 0.538. The molecule has 0 amide bonds. The standard InChI is InChI=1S/C13H21NO2S/c1-4-6-9-12(3)13(5-2)17(15,16)14-10-7-8-11-14/h4-6,9H,7-8,10-11H2,1-3H3/b6-4-,12-9-,13-5-. The normalized spacial score (nSPS) is 20.4. The van der Waals surface area contributed by atoms with Crippen molar-refractivity contribution >= 4 is 10.0 Å². The maximum absolute atomic E-state index is 12.4. The Bertz CT molecular complexity index is 438. The van der Waals surface area contributed by atoms with Crippen LogP contribution in [0.2, 0.25) is 0 Å². The Balaban J connectivity index is 3.02. The highest BCUT2D eigenvalue weighted by Crippen LogP contribution is 2.24. The van der Waals surface area contributed by atoms with Crippen LogP contribution in [0.3, 0.4) is 0 Å². The second-order valence-electron chi connectivity index (χ2n) is 4.14. The molecule has 0 aromatic rings. The van der Waals surface area contributed by atoms with E-state index in [0.29, 0.717) is 18.0 Å². The highest BCUT2D eigenvalue weighted by Gasteiger charge is 2.29. The molecule has 1 fully saturated rings. The minimum atomic E-state index is -3.29. The quantitative estimate of drug-likeness (QED) is 0.724. The summed E-state index contributed by atoms with van der Waals surface area (Å²) < 4.78 is 26.3. The molecular weight excluding hydrogens is 234 g/mol. The third-order valence-corrected chi connectivity index (χ3v) is 5.03. The lowest BCUT2D eigenvalue weighted by Gasteiger charge is -2.18. The van der Waals surface area contributed by atoms with Crippen LogP contribution in [0, 0.1) is 0 Å². The van der Waals surface area contributed by atoms with E-state index in [1.807, 2.05) is 32.1 Å². The van der Waals surface area contributed by atoms with Crippen molar-refractivity contribution in [1.29, 1.82) is 0 Å². The summed E-state index contributed by atoms with van der Waals surface area (Å²) in [6.07, 6.45) is 9.20. The minimum absolute atomic E-state index is 0.428. The second-order valence-corrected chi connectivity index (χ2v) is 6.05. The molecule has 0 unspecified atom stereocenters. The van der Waals surface area contributed by atoms with Crippen molar-refractivity contribution in [1.82, 2.24) is 4.31 Å². The van der Waals surface area contributed by atoms with Crippen molar-refractivity contribution in [2.24, 2.45) is 0 Å². The van der Waals surface area contributed by atoms with Gasteiger partial charge < -0.3 is 0 Å². The Kier molecular flexibility index (Phi) is 5.15. The van der Waals surface area contributed by atoms with Gasteiger partial charge in [0.15, 0.2) is 0 Å². The molecule has 0 N–H and O–H groups in total. The monoisotopic (exact) mass is 255 g/mol. The maximum Gasteiger partial charge on any atom is 0.242 e. The van der Waals surface area contributed by atoms with Crippen LogP contribution in [0.5, 0.6) is 0 Å². The zero-order valence-electron chi connectivity index (χ0n) is 10.8. The molecule has 1 saturated heterocycles. The first-order valence-electron chi connectivity index (χ1n) is 6.00. The van der Waals surface area contributed by atoms with Crippen LogP contribution in [-0.2, 0) is 10.0 Å². The molecule has 0 aromatic carbocycles. The number of rotatable bonds is 4. The fourth-order valence-corrected chi connectivity index (χ4v) is 3.76. The Morgan fingerprint density at radius 3 is 2.24 bits per heavy atom. The highest BCUT2D eigenvalue weighted by molar-refractivity contribution is 7.93. The number of nitrogens with zero attached hydrogens (tertiary/aromatic N) is 1. The summed E-state index contributed by atoms with van der Waals surface area (Å²) >= 11 is 0. The summed E-state index contributed by atoms with van der Waals surface area (Å²) in [7, 11) is -3.29. The van der Waals surface area contributed by atoms with Crippen molar-refractivity contribution in [2.75, 3.05) is 13.1 Å². The molecule has 0 radical (unpaired) electrons. The molecule has 1 rings (SSSR count). The van der Waals surface area contributed by atoms with Gasteiger partial charge in [-0.1, -0.05) is 24.3 Å². The zero-order valence-corrected chi connectivity index (χ0v) is 11.6. The third kappa shape index (κ3) is 3.30. The van der Waals surface area contributed by atoms with Crippen molar-refractivity contribution in [3.63, 3.8) is 0 Å². The van der Waals surface area contributed by atoms with Gasteiger partial charge in [0.1, 0.15) is 0 Å². The molecular formula is C13H21NO2S. The van der Waals surface area contributed by atoms with Crippen LogP contribution in [0.15, 0.2) is 34.8 Å². The van der Waals surface area contributed by atoms with Crippen molar-refractivity contribution in [3.8, 4) is 0 Å². The van der Waals surface area contributed by atoms with E-state index >= 15 is 0 Å². The lowest BCUT2D eigenvalue weighted by molar-refractivity contribution is 0.484. The smallest absolute Gasteiger partial charge is 0.207 e. The molecule has 0 spiro atoms. The summed E-state index contributed by atoms with van der Waals surface area (Å²) in [6, 6.07) is 0. The van der Waals surface area contributed by atoms with Gasteiger partial charge in [0.2, 0.25) is 10.0 Å². The van der Waals surface area contributed by atoms with Gasteiger partial charge in [0.25, 0.3) is 0 Å². The molecule has 0 aromatic heterocycles. The maximum atomic E-state index is 12.4. The van der Waals surface area contributed by atoms with Gasteiger partial charge in [-0.3, -0.25) is 0 Å². The van der Waals surface area contributed by atoms with Crippen LogP contribution in [0.1, 0.15) is 33.6 Å². The van der Waals surface area contributed by atoms with E-state index in [1.165, 1.54) is 0 Å². The SMILES string of the molecule is C\C=C/C=C(C)\C(=C\C)S(=O)(=O)N1CCCC1. The highest BCUT2D eigenvalue weighted by atomic mass is 32.2. The van der Waals surface area contributed by atoms with Gasteiger partial charge >= 0.3 is 0 Å². The van der Waals surface area contributed by atoms with Gasteiger partial charge in [-0.2, -0.15) is 4.31 Å². The van der Waals surface area contributed by atoms with Gasteiger partial charge in [0.05, 0.1) is 4.91 Å². The van der Waals surface area contributed by atoms with Gasteiger partial charge in [0, 0.05) is 13.1 Å². The van der Waals surface area contributed by atoms with Crippen molar-refractivity contribution < 1.29 is 8.42 Å². The average molecular weight is 255 g/mol. The van der Waals surface area contributed by atoms with E-state index in [2.05, 4.69) is 0 Å². The molecule has 96 valence electrons. The molecule has 0 aliphatic carbocycles. The van der Waals surface area contributed by atoms with E-state index < -0.39 is 10.0 Å². The van der Waals surface area contributed by atoms with Gasteiger partial charge in [-0.25, -0.2) is 8.42 Å². The molecule has 4 heteroatoms.